The van der Waals surface area contributed by atoms with Crippen LogP contribution >= 0.6 is 23.1 Å². The number of benzene rings is 1. The van der Waals surface area contributed by atoms with Gasteiger partial charge in [-0.25, -0.2) is 0 Å². The molecule has 1 unspecified atom stereocenters. The Morgan fingerprint density at radius 3 is 2.83 bits per heavy atom. The van der Waals surface area contributed by atoms with Crippen LogP contribution in [0.4, 0.5) is 5.69 Å². The van der Waals surface area contributed by atoms with E-state index >= 15 is 0 Å². The van der Waals surface area contributed by atoms with Gasteiger partial charge in [-0.1, -0.05) is 24.3 Å². The van der Waals surface area contributed by atoms with E-state index in [1.54, 1.807) is 0 Å². The van der Waals surface area contributed by atoms with E-state index in [-0.39, 0.29) is 0 Å². The van der Waals surface area contributed by atoms with E-state index in [1.165, 1.54) is 40.5 Å². The zero-order valence-electron chi connectivity index (χ0n) is 10.3. The zero-order valence-corrected chi connectivity index (χ0v) is 11.9. The van der Waals surface area contributed by atoms with Crippen LogP contribution in [0.2, 0.25) is 0 Å². The van der Waals surface area contributed by atoms with Crippen molar-refractivity contribution in [1.82, 2.24) is 0 Å². The lowest BCUT2D eigenvalue weighted by atomic mass is 10.1. The molecule has 1 nitrogen and oxygen atoms in total. The van der Waals surface area contributed by atoms with Gasteiger partial charge in [0.05, 0.1) is 0 Å². The highest BCUT2D eigenvalue weighted by Crippen LogP contribution is 2.32. The number of hydrogen-bond acceptors (Lipinski definition) is 3. The summed E-state index contributed by atoms with van der Waals surface area (Å²) in [6, 6.07) is 13.6. The molecule has 0 radical (unpaired) electrons. The first-order chi connectivity index (χ1) is 8.93. The Morgan fingerprint density at radius 1 is 1.11 bits per heavy atom. The number of rotatable bonds is 3. The molecule has 0 spiro atoms. The summed E-state index contributed by atoms with van der Waals surface area (Å²) < 4.78 is 0. The Hall–Kier alpha value is -0.930. The van der Waals surface area contributed by atoms with Gasteiger partial charge in [-0.15, -0.1) is 11.3 Å². The molecule has 0 amide bonds. The minimum Gasteiger partial charge on any atom is -0.381 e. The third-order valence-corrected chi connectivity index (χ3v) is 5.35. The van der Waals surface area contributed by atoms with Gasteiger partial charge in [-0.05, 0) is 36.1 Å². The summed E-state index contributed by atoms with van der Waals surface area (Å²) in [5.41, 5.74) is 2.62. The molecule has 0 bridgehead atoms. The molecule has 1 aliphatic heterocycles. The van der Waals surface area contributed by atoms with Crippen molar-refractivity contribution in [1.29, 1.82) is 0 Å². The van der Waals surface area contributed by atoms with Gasteiger partial charge >= 0.3 is 0 Å². The maximum absolute atomic E-state index is 3.72. The average Bonchev–Trinajstić information content (AvgIpc) is 2.94. The summed E-state index contributed by atoms with van der Waals surface area (Å²) in [7, 11) is 0. The second-order valence-electron chi connectivity index (χ2n) is 4.58. The fraction of sp³-hybridized carbons (Fsp3) is 0.333. The lowest BCUT2D eigenvalue weighted by molar-refractivity contribution is 0.685. The second-order valence-corrected chi connectivity index (χ2v) is 6.68. The van der Waals surface area contributed by atoms with Crippen LogP contribution in [0.5, 0.6) is 0 Å². The largest absolute Gasteiger partial charge is 0.381 e. The van der Waals surface area contributed by atoms with Crippen molar-refractivity contribution < 1.29 is 0 Å². The van der Waals surface area contributed by atoms with Gasteiger partial charge in [0, 0.05) is 27.9 Å². The molecule has 1 aliphatic rings. The number of hydrogen-bond donors (Lipinski definition) is 1. The molecule has 1 N–H and O–H groups in total. The van der Waals surface area contributed by atoms with Crippen LogP contribution in [-0.2, 0) is 0 Å². The van der Waals surface area contributed by atoms with Crippen LogP contribution < -0.4 is 5.32 Å². The van der Waals surface area contributed by atoms with Crippen molar-refractivity contribution in [2.45, 2.75) is 18.9 Å². The van der Waals surface area contributed by atoms with Gasteiger partial charge in [0.25, 0.3) is 0 Å². The minimum atomic E-state index is 0.630. The Balaban J connectivity index is 1.83. The van der Waals surface area contributed by atoms with Crippen LogP contribution in [0.15, 0.2) is 41.8 Å². The van der Waals surface area contributed by atoms with Crippen LogP contribution in [0.3, 0.4) is 0 Å². The van der Waals surface area contributed by atoms with Gasteiger partial charge in [-0.3, -0.25) is 0 Å². The summed E-state index contributed by atoms with van der Waals surface area (Å²) in [4.78, 5) is 1.35. The standard InChI is InChI=1S/C15H17NS2/c1-2-7-14(16-12-5-3-9-17-11-12)13(6-1)15-8-4-10-18-15/h1-2,4,6-8,10,12,16H,3,5,9,11H2. The van der Waals surface area contributed by atoms with Crippen molar-refractivity contribution in [3.05, 3.63) is 41.8 Å². The Bertz CT molecular complexity index is 487. The molecule has 3 rings (SSSR count). The summed E-state index contributed by atoms with van der Waals surface area (Å²) >= 11 is 3.87. The topological polar surface area (TPSA) is 12.0 Å². The Kier molecular flexibility index (Phi) is 3.91. The molecule has 0 saturated carbocycles. The highest BCUT2D eigenvalue weighted by molar-refractivity contribution is 7.99. The zero-order chi connectivity index (χ0) is 12.2. The van der Waals surface area contributed by atoms with E-state index in [2.05, 4.69) is 58.9 Å². The molecule has 1 atom stereocenters. The molecule has 1 saturated heterocycles. The van der Waals surface area contributed by atoms with Gasteiger partial charge in [0.1, 0.15) is 0 Å². The fourth-order valence-corrected chi connectivity index (χ4v) is 4.17. The normalized spacial score (nSPS) is 19.7. The highest BCUT2D eigenvalue weighted by atomic mass is 32.2. The van der Waals surface area contributed by atoms with Crippen molar-refractivity contribution in [3.63, 3.8) is 0 Å². The van der Waals surface area contributed by atoms with Gasteiger partial charge in [-0.2, -0.15) is 11.8 Å². The molecule has 2 heterocycles. The first-order valence-electron chi connectivity index (χ1n) is 6.41. The number of nitrogens with one attached hydrogen (secondary N) is 1. The van der Waals surface area contributed by atoms with Crippen molar-refractivity contribution in [2.75, 3.05) is 16.8 Å². The third-order valence-electron chi connectivity index (χ3n) is 3.23. The lowest BCUT2D eigenvalue weighted by Crippen LogP contribution is -2.25. The second kappa shape index (κ2) is 5.81. The van der Waals surface area contributed by atoms with Crippen LogP contribution in [0.1, 0.15) is 12.8 Å². The van der Waals surface area contributed by atoms with Gasteiger partial charge < -0.3 is 5.32 Å². The Labute approximate surface area is 117 Å². The molecule has 0 aliphatic carbocycles. The summed E-state index contributed by atoms with van der Waals surface area (Å²) in [6.07, 6.45) is 2.63. The smallest absolute Gasteiger partial charge is 0.0430 e. The van der Waals surface area contributed by atoms with Crippen LogP contribution in [0, 0.1) is 0 Å². The molecule has 18 heavy (non-hydrogen) atoms. The SMILES string of the molecule is c1csc(-c2ccccc2NC2CCCSC2)c1. The molecule has 2 aromatic rings. The number of para-hydroxylation sites is 1. The van der Waals surface area contributed by atoms with E-state index in [0.29, 0.717) is 6.04 Å². The van der Waals surface area contributed by atoms with Crippen molar-refractivity contribution in [3.8, 4) is 10.4 Å². The minimum absolute atomic E-state index is 0.630. The summed E-state index contributed by atoms with van der Waals surface area (Å²) in [5, 5.41) is 5.87. The molecule has 1 fully saturated rings. The number of thiophene rings is 1. The highest BCUT2D eigenvalue weighted by Gasteiger charge is 2.15. The summed E-state index contributed by atoms with van der Waals surface area (Å²) in [5.74, 6) is 2.56. The number of thioether (sulfide) groups is 1. The van der Waals surface area contributed by atoms with Crippen LogP contribution in [-0.4, -0.2) is 17.5 Å². The average molecular weight is 275 g/mol. The van der Waals surface area contributed by atoms with E-state index in [1.807, 2.05) is 11.3 Å². The molecule has 1 aromatic carbocycles. The molecule has 94 valence electrons. The monoisotopic (exact) mass is 275 g/mol. The summed E-state index contributed by atoms with van der Waals surface area (Å²) in [6.45, 7) is 0. The predicted molar refractivity (Wildman–Crippen MR) is 83.7 cm³/mol. The predicted octanol–water partition coefficient (Wildman–Crippen LogP) is 4.72. The maximum Gasteiger partial charge on any atom is 0.0430 e. The lowest BCUT2D eigenvalue weighted by Gasteiger charge is -2.24. The third kappa shape index (κ3) is 2.73. The number of anilines is 1. The van der Waals surface area contributed by atoms with Crippen molar-refractivity contribution >= 4 is 28.8 Å². The van der Waals surface area contributed by atoms with Gasteiger partial charge in [0.15, 0.2) is 0 Å². The maximum atomic E-state index is 3.72. The molecule has 1 aromatic heterocycles. The molecular formula is C15H17NS2. The Morgan fingerprint density at radius 2 is 2.06 bits per heavy atom. The van der Waals surface area contributed by atoms with E-state index in [9.17, 15) is 0 Å². The first kappa shape index (κ1) is 12.1. The van der Waals surface area contributed by atoms with E-state index in [4.69, 9.17) is 0 Å². The quantitative estimate of drug-likeness (QED) is 0.869. The first-order valence-corrected chi connectivity index (χ1v) is 8.44. The van der Waals surface area contributed by atoms with E-state index < -0.39 is 0 Å². The molecular weight excluding hydrogens is 258 g/mol. The van der Waals surface area contributed by atoms with Crippen LogP contribution in [0.25, 0.3) is 10.4 Å². The van der Waals surface area contributed by atoms with Crippen molar-refractivity contribution in [2.24, 2.45) is 0 Å². The fourth-order valence-electron chi connectivity index (χ4n) is 2.33. The van der Waals surface area contributed by atoms with E-state index in [0.717, 1.165) is 0 Å². The molecule has 3 heteroatoms. The van der Waals surface area contributed by atoms with Gasteiger partial charge in [0.2, 0.25) is 0 Å².